The molecule has 7 nitrogen and oxygen atoms in total. The van der Waals surface area contributed by atoms with Gasteiger partial charge in [-0.1, -0.05) is 23.8 Å². The van der Waals surface area contributed by atoms with E-state index in [9.17, 15) is 19.2 Å². The average Bonchev–Trinajstić information content (AvgIpc) is 2.88. The quantitative estimate of drug-likeness (QED) is 0.576. The Kier molecular flexibility index (Phi) is 5.85. The van der Waals surface area contributed by atoms with Crippen molar-refractivity contribution in [3.63, 3.8) is 0 Å². The second kappa shape index (κ2) is 8.29. The van der Waals surface area contributed by atoms with Crippen LogP contribution < -0.4 is 10.6 Å². The molecule has 0 radical (unpaired) electrons. The minimum absolute atomic E-state index is 0.316. The smallest absolute Gasteiger partial charge is 0.321 e. The molecule has 0 aromatic rings. The number of hydrogen-bond donors (Lipinski definition) is 2. The van der Waals surface area contributed by atoms with Crippen molar-refractivity contribution in [1.82, 2.24) is 15.5 Å². The lowest BCUT2D eigenvalue weighted by molar-refractivity contribution is -0.143. The van der Waals surface area contributed by atoms with E-state index in [1.165, 1.54) is 18.4 Å². The number of carbonyl (C=O) groups excluding carboxylic acids is 4. The van der Waals surface area contributed by atoms with E-state index >= 15 is 0 Å². The first-order valence-corrected chi connectivity index (χ1v) is 9.32. The Bertz CT molecular complexity index is 642. The lowest BCUT2D eigenvalue weighted by Crippen LogP contribution is -2.46. The summed E-state index contributed by atoms with van der Waals surface area (Å²) in [7, 11) is 0. The van der Waals surface area contributed by atoms with E-state index in [1.54, 1.807) is 0 Å². The Balaban J connectivity index is 1.42. The van der Waals surface area contributed by atoms with Crippen LogP contribution in [0.4, 0.5) is 4.79 Å². The number of imide groups is 2. The fourth-order valence-corrected chi connectivity index (χ4v) is 3.85. The maximum atomic E-state index is 12.3. The summed E-state index contributed by atoms with van der Waals surface area (Å²) in [5.41, 5.74) is 1.34. The van der Waals surface area contributed by atoms with Gasteiger partial charge < -0.3 is 5.32 Å². The summed E-state index contributed by atoms with van der Waals surface area (Å²) >= 11 is 0. The molecule has 26 heavy (non-hydrogen) atoms. The molecule has 3 aliphatic rings. The molecule has 140 valence electrons. The molecule has 0 unspecified atom stereocenters. The zero-order valence-corrected chi connectivity index (χ0v) is 14.8. The van der Waals surface area contributed by atoms with Gasteiger partial charge in [0.25, 0.3) is 0 Å². The molecule has 0 spiro atoms. The Morgan fingerprint density at radius 2 is 1.77 bits per heavy atom. The first kappa shape index (κ1) is 18.4. The third-order valence-corrected chi connectivity index (χ3v) is 5.27. The van der Waals surface area contributed by atoms with Gasteiger partial charge in [-0.25, -0.2) is 4.79 Å². The molecule has 1 fully saturated rings. The van der Waals surface area contributed by atoms with Crippen LogP contribution in [0, 0.1) is 11.8 Å². The highest BCUT2D eigenvalue weighted by molar-refractivity contribution is 6.08. The number of urea groups is 1. The van der Waals surface area contributed by atoms with Crippen LogP contribution in [0.2, 0.25) is 0 Å². The fraction of sp³-hybridized carbons (Fsp3) is 0.579. The van der Waals surface area contributed by atoms with Crippen molar-refractivity contribution in [3.8, 4) is 0 Å². The Hall–Kier alpha value is -2.44. The maximum Gasteiger partial charge on any atom is 0.321 e. The predicted octanol–water partition coefficient (Wildman–Crippen LogP) is 1.65. The minimum Gasteiger partial charge on any atom is -0.337 e. The van der Waals surface area contributed by atoms with Gasteiger partial charge in [-0.3, -0.25) is 24.6 Å². The summed E-state index contributed by atoms with van der Waals surface area (Å²) in [4.78, 5) is 49.4. The van der Waals surface area contributed by atoms with Gasteiger partial charge in [-0.05, 0) is 44.9 Å². The van der Waals surface area contributed by atoms with Gasteiger partial charge in [0.15, 0.2) is 0 Å². The normalized spacial score (nSPS) is 24.9. The summed E-state index contributed by atoms with van der Waals surface area (Å²) in [5, 5.41) is 4.84. The molecule has 3 rings (SSSR count). The van der Waals surface area contributed by atoms with Gasteiger partial charge in [0.05, 0.1) is 11.8 Å². The molecule has 2 aliphatic carbocycles. The average molecular weight is 359 g/mol. The third kappa shape index (κ3) is 4.20. The minimum atomic E-state index is -0.646. The van der Waals surface area contributed by atoms with Gasteiger partial charge in [-0.15, -0.1) is 0 Å². The number of fused-ring (bicyclic) bond motifs is 1. The topological polar surface area (TPSA) is 95.6 Å². The van der Waals surface area contributed by atoms with Gasteiger partial charge in [0.1, 0.15) is 6.54 Å². The van der Waals surface area contributed by atoms with E-state index in [2.05, 4.69) is 16.7 Å². The first-order chi connectivity index (χ1) is 12.6. The number of amides is 5. The van der Waals surface area contributed by atoms with Crippen LogP contribution in [0.15, 0.2) is 23.8 Å². The Labute approximate surface area is 152 Å². The third-order valence-electron chi connectivity index (χ3n) is 5.27. The predicted molar refractivity (Wildman–Crippen MR) is 94.8 cm³/mol. The van der Waals surface area contributed by atoms with E-state index in [1.807, 2.05) is 12.2 Å². The van der Waals surface area contributed by atoms with Crippen molar-refractivity contribution in [1.29, 1.82) is 0 Å². The van der Waals surface area contributed by atoms with E-state index < -0.39 is 18.5 Å². The number of carbonyl (C=O) groups is 4. The molecule has 0 saturated carbocycles. The summed E-state index contributed by atoms with van der Waals surface area (Å²) in [6.45, 7) is 0.0611. The summed E-state index contributed by atoms with van der Waals surface area (Å²) in [6.07, 6.45) is 12.4. The van der Waals surface area contributed by atoms with Crippen molar-refractivity contribution in [3.05, 3.63) is 23.8 Å². The molecule has 0 aromatic heterocycles. The lowest BCUT2D eigenvalue weighted by Gasteiger charge is -2.15. The van der Waals surface area contributed by atoms with Crippen LogP contribution in [-0.2, 0) is 14.4 Å². The van der Waals surface area contributed by atoms with Crippen molar-refractivity contribution in [2.24, 2.45) is 11.8 Å². The molecule has 0 bridgehead atoms. The van der Waals surface area contributed by atoms with Crippen LogP contribution in [0.1, 0.15) is 44.9 Å². The molecular formula is C19H25N3O4. The second-order valence-electron chi connectivity index (χ2n) is 7.08. The standard InChI is InChI=1S/C19H25N3O4/c23-16(21-19(26)20-11-10-13-6-2-1-3-7-13)12-22-17(24)14-8-4-5-9-15(14)18(22)25/h4-6,14-15H,1-3,7-12H2,(H2,20,21,23,26)/t14-,15-/m1/s1. The van der Waals surface area contributed by atoms with E-state index in [4.69, 9.17) is 0 Å². The number of nitrogens with one attached hydrogen (secondary N) is 2. The van der Waals surface area contributed by atoms with Crippen molar-refractivity contribution in [2.45, 2.75) is 44.9 Å². The lowest BCUT2D eigenvalue weighted by atomic mass is 9.85. The molecule has 2 atom stereocenters. The van der Waals surface area contributed by atoms with Gasteiger partial charge in [0, 0.05) is 6.54 Å². The van der Waals surface area contributed by atoms with Crippen LogP contribution in [-0.4, -0.2) is 41.7 Å². The van der Waals surface area contributed by atoms with E-state index in [0.717, 1.165) is 24.2 Å². The molecule has 0 aromatic carbocycles. The molecule has 1 aliphatic heterocycles. The number of nitrogens with zero attached hydrogens (tertiary/aromatic N) is 1. The van der Waals surface area contributed by atoms with Crippen molar-refractivity contribution < 1.29 is 19.2 Å². The van der Waals surface area contributed by atoms with Crippen LogP contribution in [0.5, 0.6) is 0 Å². The van der Waals surface area contributed by atoms with Crippen LogP contribution >= 0.6 is 0 Å². The highest BCUT2D eigenvalue weighted by atomic mass is 16.2. The monoisotopic (exact) mass is 359 g/mol. The first-order valence-electron chi connectivity index (χ1n) is 9.32. The number of rotatable bonds is 5. The Morgan fingerprint density at radius 3 is 2.38 bits per heavy atom. The SMILES string of the molecule is O=C(CN1C(=O)[C@@H]2CC=CC[C@H]2C1=O)NC(=O)NCCC1=CCCCC1. The number of hydrogen-bond acceptors (Lipinski definition) is 4. The van der Waals surface area contributed by atoms with E-state index in [0.29, 0.717) is 19.4 Å². The number of likely N-dealkylation sites (tertiary alicyclic amines) is 1. The molecular weight excluding hydrogens is 334 g/mol. The Morgan fingerprint density at radius 1 is 1.08 bits per heavy atom. The number of allylic oxidation sites excluding steroid dienone is 3. The summed E-state index contributed by atoms with van der Waals surface area (Å²) in [6, 6.07) is -0.593. The van der Waals surface area contributed by atoms with Crippen LogP contribution in [0.3, 0.4) is 0 Å². The molecule has 1 heterocycles. The maximum absolute atomic E-state index is 12.3. The van der Waals surface area contributed by atoms with Crippen LogP contribution in [0.25, 0.3) is 0 Å². The van der Waals surface area contributed by atoms with Gasteiger partial charge in [0.2, 0.25) is 17.7 Å². The zero-order valence-electron chi connectivity index (χ0n) is 14.8. The van der Waals surface area contributed by atoms with Gasteiger partial charge in [-0.2, -0.15) is 0 Å². The largest absolute Gasteiger partial charge is 0.337 e. The van der Waals surface area contributed by atoms with E-state index in [-0.39, 0.29) is 23.7 Å². The molecule has 5 amide bonds. The summed E-state index contributed by atoms with van der Waals surface area (Å²) < 4.78 is 0. The second-order valence-corrected chi connectivity index (χ2v) is 7.08. The highest BCUT2D eigenvalue weighted by Crippen LogP contribution is 2.34. The highest BCUT2D eigenvalue weighted by Gasteiger charge is 2.47. The van der Waals surface area contributed by atoms with Crippen molar-refractivity contribution >= 4 is 23.8 Å². The van der Waals surface area contributed by atoms with Crippen molar-refractivity contribution in [2.75, 3.05) is 13.1 Å². The van der Waals surface area contributed by atoms with Gasteiger partial charge >= 0.3 is 6.03 Å². The zero-order chi connectivity index (χ0) is 18.5. The molecule has 2 N–H and O–H groups in total. The summed E-state index contributed by atoms with van der Waals surface area (Å²) in [5.74, 6) is -2.00. The molecule has 7 heteroatoms. The fourth-order valence-electron chi connectivity index (χ4n) is 3.85. The molecule has 1 saturated heterocycles.